The maximum absolute atomic E-state index is 13.7. The van der Waals surface area contributed by atoms with Gasteiger partial charge in [-0.3, -0.25) is 4.98 Å². The summed E-state index contributed by atoms with van der Waals surface area (Å²) in [5, 5.41) is 3.12. The molecule has 1 N–H and O–H groups in total. The Morgan fingerprint density at radius 3 is 2.65 bits per heavy atom. The zero-order valence-corrected chi connectivity index (χ0v) is 17.7. The fourth-order valence-electron chi connectivity index (χ4n) is 3.63. The van der Waals surface area contributed by atoms with E-state index in [1.165, 1.54) is 23.5 Å². The third-order valence-corrected chi connectivity index (χ3v) is 7.13. The van der Waals surface area contributed by atoms with E-state index < -0.39 is 15.8 Å². The van der Waals surface area contributed by atoms with E-state index in [-0.39, 0.29) is 16.6 Å². The average molecular weight is 444 g/mol. The highest BCUT2D eigenvalue weighted by Crippen LogP contribution is 2.33. The molecule has 162 valence electrons. The number of nitrogens with one attached hydrogen (secondary N) is 1. The van der Waals surface area contributed by atoms with E-state index in [4.69, 9.17) is 4.74 Å². The molecule has 1 aliphatic rings. The van der Waals surface area contributed by atoms with Crippen LogP contribution in [-0.2, 0) is 10.0 Å². The molecule has 1 aliphatic heterocycles. The Morgan fingerprint density at radius 1 is 1.13 bits per heavy atom. The summed E-state index contributed by atoms with van der Waals surface area (Å²) < 4.78 is 46.3. The molecule has 0 amide bonds. The molecule has 0 spiro atoms. The molecule has 0 radical (unpaired) electrons. The lowest BCUT2D eigenvalue weighted by molar-refractivity contribution is 0.314. The van der Waals surface area contributed by atoms with Crippen molar-refractivity contribution in [2.75, 3.05) is 25.5 Å². The van der Waals surface area contributed by atoms with Crippen LogP contribution in [0.5, 0.6) is 5.75 Å². The van der Waals surface area contributed by atoms with Gasteiger partial charge in [-0.25, -0.2) is 22.8 Å². The van der Waals surface area contributed by atoms with Crippen molar-refractivity contribution >= 4 is 21.7 Å². The zero-order chi connectivity index (χ0) is 21.8. The van der Waals surface area contributed by atoms with Crippen molar-refractivity contribution in [2.24, 2.45) is 0 Å². The van der Waals surface area contributed by atoms with Crippen LogP contribution < -0.4 is 10.1 Å². The summed E-state index contributed by atoms with van der Waals surface area (Å²) in [6, 6.07) is 9.19. The van der Waals surface area contributed by atoms with Crippen LogP contribution in [0.3, 0.4) is 0 Å². The number of piperidine rings is 1. The normalized spacial score (nSPS) is 15.5. The Kier molecular flexibility index (Phi) is 6.10. The predicted molar refractivity (Wildman–Crippen MR) is 113 cm³/mol. The van der Waals surface area contributed by atoms with Crippen LogP contribution in [0.1, 0.15) is 24.5 Å². The smallest absolute Gasteiger partial charge is 0.246 e. The van der Waals surface area contributed by atoms with Gasteiger partial charge >= 0.3 is 0 Å². The number of hydrogen-bond acceptors (Lipinski definition) is 7. The molecule has 0 bridgehead atoms. The molecule has 8 nitrogen and oxygen atoms in total. The second-order valence-corrected chi connectivity index (χ2v) is 9.04. The van der Waals surface area contributed by atoms with Gasteiger partial charge in [-0.2, -0.15) is 4.31 Å². The second-order valence-electron chi connectivity index (χ2n) is 7.14. The number of methoxy groups -OCH3 is 1. The molecular weight excluding hydrogens is 421 g/mol. The van der Waals surface area contributed by atoms with Gasteiger partial charge in [-0.1, -0.05) is 6.07 Å². The minimum absolute atomic E-state index is 0.115. The third kappa shape index (κ3) is 4.64. The second kappa shape index (κ2) is 8.94. The van der Waals surface area contributed by atoms with Gasteiger partial charge in [0.25, 0.3) is 0 Å². The zero-order valence-electron chi connectivity index (χ0n) is 16.9. The number of halogens is 1. The molecule has 1 saturated heterocycles. The molecule has 3 aromatic rings. The molecule has 1 fully saturated rings. The number of sulfonamides is 1. The van der Waals surface area contributed by atoms with Gasteiger partial charge in [-0.15, -0.1) is 0 Å². The monoisotopic (exact) mass is 443 g/mol. The van der Waals surface area contributed by atoms with E-state index in [9.17, 15) is 12.8 Å². The van der Waals surface area contributed by atoms with Gasteiger partial charge in [0.1, 0.15) is 28.1 Å². The van der Waals surface area contributed by atoms with Crippen molar-refractivity contribution in [3.05, 3.63) is 66.5 Å². The van der Waals surface area contributed by atoms with Gasteiger partial charge in [0.05, 0.1) is 13.3 Å². The fourth-order valence-corrected chi connectivity index (χ4v) is 5.26. The highest BCUT2D eigenvalue weighted by molar-refractivity contribution is 7.89. The van der Waals surface area contributed by atoms with E-state index in [2.05, 4.69) is 20.3 Å². The summed E-state index contributed by atoms with van der Waals surface area (Å²) in [6.07, 6.45) is 6.02. The number of hydrogen-bond donors (Lipinski definition) is 1. The number of anilines is 2. The highest BCUT2D eigenvalue weighted by atomic mass is 32.2. The van der Waals surface area contributed by atoms with Crippen molar-refractivity contribution in [3.8, 4) is 5.75 Å². The maximum atomic E-state index is 13.7. The Balaban J connectivity index is 1.47. The molecule has 4 rings (SSSR count). The van der Waals surface area contributed by atoms with Crippen LogP contribution in [0.15, 0.2) is 59.9 Å². The molecule has 1 aromatic carbocycles. The van der Waals surface area contributed by atoms with Crippen molar-refractivity contribution in [3.63, 3.8) is 0 Å². The summed E-state index contributed by atoms with van der Waals surface area (Å²) in [4.78, 5) is 12.7. The first kappa shape index (κ1) is 21.1. The lowest BCUT2D eigenvalue weighted by Gasteiger charge is -2.31. The summed E-state index contributed by atoms with van der Waals surface area (Å²) in [6.45, 7) is 0.631. The summed E-state index contributed by atoms with van der Waals surface area (Å²) in [5.41, 5.74) is 0.884. The number of ether oxygens (including phenoxy) is 1. The molecule has 3 heterocycles. The first-order valence-corrected chi connectivity index (χ1v) is 11.2. The van der Waals surface area contributed by atoms with Gasteiger partial charge in [0.2, 0.25) is 10.0 Å². The molecule has 2 aromatic heterocycles. The summed E-state index contributed by atoms with van der Waals surface area (Å²) in [7, 11) is -2.49. The Morgan fingerprint density at radius 2 is 1.94 bits per heavy atom. The number of benzene rings is 1. The summed E-state index contributed by atoms with van der Waals surface area (Å²) >= 11 is 0. The molecule has 31 heavy (non-hydrogen) atoms. The van der Waals surface area contributed by atoms with E-state index >= 15 is 0 Å². The third-order valence-electron chi connectivity index (χ3n) is 5.21. The van der Waals surface area contributed by atoms with Crippen molar-refractivity contribution in [1.29, 1.82) is 0 Å². The number of rotatable bonds is 6. The summed E-state index contributed by atoms with van der Waals surface area (Å²) in [5.74, 6) is 0.873. The topological polar surface area (TPSA) is 97.3 Å². The van der Waals surface area contributed by atoms with Crippen molar-refractivity contribution in [1.82, 2.24) is 19.3 Å². The van der Waals surface area contributed by atoms with E-state index in [0.29, 0.717) is 37.6 Å². The number of nitrogens with zero attached hydrogens (tertiary/aromatic N) is 4. The van der Waals surface area contributed by atoms with Crippen LogP contribution in [-0.4, -0.2) is 47.9 Å². The van der Waals surface area contributed by atoms with E-state index in [0.717, 1.165) is 11.8 Å². The van der Waals surface area contributed by atoms with Crippen LogP contribution >= 0.6 is 0 Å². The Hall–Kier alpha value is -3.11. The minimum Gasteiger partial charge on any atom is -0.495 e. The van der Waals surface area contributed by atoms with Crippen LogP contribution in [0.25, 0.3) is 0 Å². The Bertz CT molecular complexity index is 1150. The number of pyridine rings is 1. The largest absolute Gasteiger partial charge is 0.495 e. The first-order chi connectivity index (χ1) is 15.0. The van der Waals surface area contributed by atoms with Gasteiger partial charge in [0.15, 0.2) is 0 Å². The quantitative estimate of drug-likeness (QED) is 0.624. The SMILES string of the molecule is COc1ccc(F)cc1S(=O)(=O)N1CCC(c2cccc(Nc3cnccn3)n2)CC1. The average Bonchev–Trinajstić information content (AvgIpc) is 2.80. The van der Waals surface area contributed by atoms with Crippen molar-refractivity contribution < 1.29 is 17.5 Å². The van der Waals surface area contributed by atoms with Crippen LogP contribution in [0, 0.1) is 5.82 Å². The molecule has 0 atom stereocenters. The van der Waals surface area contributed by atoms with Gasteiger partial charge in [-0.05, 0) is 43.2 Å². The van der Waals surface area contributed by atoms with E-state index in [1.807, 2.05) is 18.2 Å². The van der Waals surface area contributed by atoms with Gasteiger partial charge in [0, 0.05) is 37.1 Å². The molecular formula is C21H22FN5O3S. The maximum Gasteiger partial charge on any atom is 0.246 e. The molecule has 10 heteroatoms. The Labute approximate surface area is 180 Å². The number of aromatic nitrogens is 3. The standard InChI is InChI=1S/C21H22FN5O3S/c1-30-18-6-5-16(22)13-19(18)31(28,29)27-11-7-15(8-12-27)17-3-2-4-20(25-17)26-21-14-23-9-10-24-21/h2-6,9-10,13-15H,7-8,11-12H2,1H3,(H,24,25,26). The van der Waals surface area contributed by atoms with E-state index in [1.54, 1.807) is 18.6 Å². The predicted octanol–water partition coefficient (Wildman–Crippen LogP) is 3.33. The van der Waals surface area contributed by atoms with Crippen LogP contribution in [0.4, 0.5) is 16.0 Å². The molecule has 0 unspecified atom stereocenters. The minimum atomic E-state index is -3.86. The lowest BCUT2D eigenvalue weighted by atomic mass is 9.94. The van der Waals surface area contributed by atoms with Crippen molar-refractivity contribution in [2.45, 2.75) is 23.7 Å². The van der Waals surface area contributed by atoms with Gasteiger partial charge < -0.3 is 10.1 Å². The lowest BCUT2D eigenvalue weighted by Crippen LogP contribution is -2.38. The fraction of sp³-hybridized carbons (Fsp3) is 0.286. The van der Waals surface area contributed by atoms with Crippen LogP contribution in [0.2, 0.25) is 0 Å². The first-order valence-electron chi connectivity index (χ1n) is 9.81. The molecule has 0 aliphatic carbocycles. The molecule has 0 saturated carbocycles. The highest BCUT2D eigenvalue weighted by Gasteiger charge is 2.32.